The van der Waals surface area contributed by atoms with Gasteiger partial charge in [0.15, 0.2) is 5.84 Å². The number of alkyl halides is 3. The molecule has 0 atom stereocenters. The van der Waals surface area contributed by atoms with Gasteiger partial charge >= 0.3 is 18.3 Å². The van der Waals surface area contributed by atoms with Gasteiger partial charge in [-0.3, -0.25) is 0 Å². The number of halogens is 4. The number of ether oxygens (including phenoxy) is 1. The van der Waals surface area contributed by atoms with E-state index in [0.717, 1.165) is 29.2 Å². The van der Waals surface area contributed by atoms with Crippen molar-refractivity contribution in [2.75, 3.05) is 25.1 Å². The number of benzene rings is 2. The fourth-order valence-corrected chi connectivity index (χ4v) is 3.82. The molecule has 0 aliphatic carbocycles. The molecule has 192 valence electrons. The number of piperidine rings is 1. The van der Waals surface area contributed by atoms with E-state index in [4.69, 9.17) is 17.3 Å². The number of urea groups is 1. The summed E-state index contributed by atoms with van der Waals surface area (Å²) < 4.78 is 43.8. The number of aliphatic imine (C=N–C) groups is 1. The fraction of sp³-hybridized carbons (Fsp3) is 0.292. The molecule has 0 aromatic heterocycles. The van der Waals surface area contributed by atoms with Crippen molar-refractivity contribution < 1.29 is 27.5 Å². The monoisotopic (exact) mass is 523 g/mol. The Balaban J connectivity index is 1.93. The van der Waals surface area contributed by atoms with Crippen LogP contribution < -0.4 is 16.0 Å². The third-order valence-corrected chi connectivity index (χ3v) is 5.84. The van der Waals surface area contributed by atoms with E-state index in [1.807, 2.05) is 4.90 Å². The zero-order valence-electron chi connectivity index (χ0n) is 19.4. The highest BCUT2D eigenvalue weighted by molar-refractivity contribution is 6.31. The van der Waals surface area contributed by atoms with Crippen LogP contribution in [0.25, 0.3) is 0 Å². The number of hydrogen-bond donors (Lipinski definition) is 2. The zero-order valence-corrected chi connectivity index (χ0v) is 20.1. The van der Waals surface area contributed by atoms with Gasteiger partial charge in [-0.15, -0.1) is 0 Å². The van der Waals surface area contributed by atoms with Crippen LogP contribution in [-0.2, 0) is 10.9 Å². The Kier molecular flexibility index (Phi) is 8.46. The minimum absolute atomic E-state index is 0.0683. The van der Waals surface area contributed by atoms with E-state index in [-0.39, 0.29) is 17.6 Å². The van der Waals surface area contributed by atoms with Gasteiger partial charge in [0.2, 0.25) is 0 Å². The first kappa shape index (κ1) is 26.9. The molecule has 0 spiro atoms. The summed E-state index contributed by atoms with van der Waals surface area (Å²) in [6, 6.07) is 9.39. The van der Waals surface area contributed by atoms with Gasteiger partial charge in [-0.05, 0) is 61.4 Å². The number of nitrogens with one attached hydrogen (secondary N) is 1. The molecule has 3 N–H and O–H groups in total. The number of amidine groups is 1. The average Bonchev–Trinajstić information content (AvgIpc) is 2.84. The van der Waals surface area contributed by atoms with E-state index in [1.54, 1.807) is 24.3 Å². The molecule has 3 amide bonds. The van der Waals surface area contributed by atoms with Crippen LogP contribution in [0.1, 0.15) is 24.0 Å². The Hall–Kier alpha value is -3.73. The molecule has 8 nitrogen and oxygen atoms in total. The Morgan fingerprint density at radius 2 is 1.72 bits per heavy atom. The molecular formula is C24H25ClF3N5O3. The highest BCUT2D eigenvalue weighted by Gasteiger charge is 2.31. The Bertz CT molecular complexity index is 1130. The summed E-state index contributed by atoms with van der Waals surface area (Å²) >= 11 is 6.01. The SMILES string of the molecule is C=C(N=C(c1ccc(Cl)cc1)N(C(N)=O)c1ccc(C(F)(F)F)cc1)N1CCC(NC(=O)OC)CC1. The van der Waals surface area contributed by atoms with Crippen LogP contribution in [0.3, 0.4) is 0 Å². The number of nitrogens with zero attached hydrogens (tertiary/aromatic N) is 3. The maximum atomic E-state index is 13.0. The Morgan fingerprint density at radius 3 is 2.22 bits per heavy atom. The summed E-state index contributed by atoms with van der Waals surface area (Å²) in [4.78, 5) is 31.4. The van der Waals surface area contributed by atoms with Crippen molar-refractivity contribution >= 4 is 35.2 Å². The van der Waals surface area contributed by atoms with Gasteiger partial charge in [-0.2, -0.15) is 13.2 Å². The Labute approximate surface area is 211 Å². The van der Waals surface area contributed by atoms with Crippen molar-refractivity contribution in [3.05, 3.63) is 77.1 Å². The number of alkyl carbamates (subject to hydrolysis) is 1. The third-order valence-electron chi connectivity index (χ3n) is 5.59. The maximum Gasteiger partial charge on any atom is 0.416 e. The smallest absolute Gasteiger partial charge is 0.416 e. The summed E-state index contributed by atoms with van der Waals surface area (Å²) in [6.07, 6.45) is -3.83. The van der Waals surface area contributed by atoms with Gasteiger partial charge in [0.05, 0.1) is 18.4 Å². The lowest BCUT2D eigenvalue weighted by Crippen LogP contribution is -2.45. The van der Waals surface area contributed by atoms with Crippen LogP contribution in [0.15, 0.2) is 65.9 Å². The summed E-state index contributed by atoms with van der Waals surface area (Å²) in [5.41, 5.74) is 5.33. The van der Waals surface area contributed by atoms with E-state index >= 15 is 0 Å². The number of likely N-dealkylation sites (tertiary alicyclic amines) is 1. The average molecular weight is 524 g/mol. The number of amides is 3. The molecule has 12 heteroatoms. The molecule has 3 rings (SSSR count). The molecule has 36 heavy (non-hydrogen) atoms. The Morgan fingerprint density at radius 1 is 1.14 bits per heavy atom. The van der Waals surface area contributed by atoms with Crippen LogP contribution >= 0.6 is 11.6 Å². The van der Waals surface area contributed by atoms with Gasteiger partial charge in [0.1, 0.15) is 5.82 Å². The number of primary amides is 1. The lowest BCUT2D eigenvalue weighted by molar-refractivity contribution is -0.137. The molecule has 0 unspecified atom stereocenters. The van der Waals surface area contributed by atoms with Crippen molar-refractivity contribution in [3.63, 3.8) is 0 Å². The maximum absolute atomic E-state index is 13.0. The summed E-state index contributed by atoms with van der Waals surface area (Å²) in [7, 11) is 1.29. The van der Waals surface area contributed by atoms with Crippen molar-refractivity contribution in [2.24, 2.45) is 10.7 Å². The highest BCUT2D eigenvalue weighted by Crippen LogP contribution is 2.31. The van der Waals surface area contributed by atoms with Gasteiger partial charge in [0, 0.05) is 29.7 Å². The molecular weight excluding hydrogens is 499 g/mol. The summed E-state index contributed by atoms with van der Waals surface area (Å²) in [6.45, 7) is 5.05. The van der Waals surface area contributed by atoms with E-state index in [0.29, 0.717) is 42.3 Å². The predicted molar refractivity (Wildman–Crippen MR) is 131 cm³/mol. The zero-order chi connectivity index (χ0) is 26.5. The van der Waals surface area contributed by atoms with Gasteiger partial charge in [0.25, 0.3) is 0 Å². The third kappa shape index (κ3) is 6.69. The standard InChI is InChI=1S/C24H25ClF3N5O3/c1-15(32-13-11-19(12-14-32)31-23(35)36-2)30-21(16-3-7-18(25)8-4-16)33(22(29)34)20-9-5-17(6-10-20)24(26,27)28/h3-10,19H,1,11-14H2,2H3,(H2,29,34)(H,31,35). The summed E-state index contributed by atoms with van der Waals surface area (Å²) in [5, 5.41) is 3.20. The van der Waals surface area contributed by atoms with Crippen molar-refractivity contribution in [2.45, 2.75) is 25.1 Å². The number of hydrogen-bond acceptors (Lipinski definition) is 5. The number of nitrogens with two attached hydrogens (primary N) is 1. The highest BCUT2D eigenvalue weighted by atomic mass is 35.5. The molecule has 0 bridgehead atoms. The lowest BCUT2D eigenvalue weighted by atomic mass is 10.1. The lowest BCUT2D eigenvalue weighted by Gasteiger charge is -2.34. The number of carbonyl (C=O) groups excluding carboxylic acids is 2. The van der Waals surface area contributed by atoms with Gasteiger partial charge < -0.3 is 20.7 Å². The molecule has 1 aliphatic rings. The number of rotatable bonds is 5. The minimum atomic E-state index is -4.54. The van der Waals surface area contributed by atoms with Crippen LogP contribution in [0, 0.1) is 0 Å². The van der Waals surface area contributed by atoms with Gasteiger partial charge in [-0.1, -0.05) is 18.2 Å². The number of carbonyl (C=O) groups is 2. The number of anilines is 1. The molecule has 0 radical (unpaired) electrons. The first-order valence-electron chi connectivity index (χ1n) is 10.9. The number of methoxy groups -OCH3 is 1. The topological polar surface area (TPSA) is 100 Å². The first-order valence-corrected chi connectivity index (χ1v) is 11.3. The molecule has 1 fully saturated rings. The van der Waals surface area contributed by atoms with E-state index in [1.165, 1.54) is 7.11 Å². The molecule has 2 aromatic rings. The summed E-state index contributed by atoms with van der Waals surface area (Å²) in [5.74, 6) is 0.383. The molecule has 1 saturated heterocycles. The van der Waals surface area contributed by atoms with Crippen molar-refractivity contribution in [3.8, 4) is 0 Å². The second-order valence-corrected chi connectivity index (χ2v) is 8.41. The van der Waals surface area contributed by atoms with Crippen LogP contribution in [0.5, 0.6) is 0 Å². The van der Waals surface area contributed by atoms with Gasteiger partial charge in [-0.25, -0.2) is 19.5 Å². The largest absolute Gasteiger partial charge is 0.453 e. The van der Waals surface area contributed by atoms with Crippen molar-refractivity contribution in [1.29, 1.82) is 0 Å². The van der Waals surface area contributed by atoms with Crippen LogP contribution in [0.2, 0.25) is 5.02 Å². The van der Waals surface area contributed by atoms with E-state index in [9.17, 15) is 22.8 Å². The van der Waals surface area contributed by atoms with Crippen LogP contribution in [0.4, 0.5) is 28.4 Å². The molecule has 1 heterocycles. The predicted octanol–water partition coefficient (Wildman–Crippen LogP) is 4.98. The second kappa shape index (κ2) is 11.3. The normalized spacial score (nSPS) is 14.8. The van der Waals surface area contributed by atoms with Crippen molar-refractivity contribution in [1.82, 2.24) is 10.2 Å². The fourth-order valence-electron chi connectivity index (χ4n) is 3.70. The van der Waals surface area contributed by atoms with E-state index < -0.39 is 23.9 Å². The first-order chi connectivity index (χ1) is 17.0. The van der Waals surface area contributed by atoms with E-state index in [2.05, 4.69) is 21.6 Å². The second-order valence-electron chi connectivity index (χ2n) is 7.97. The molecule has 1 aliphatic heterocycles. The minimum Gasteiger partial charge on any atom is -0.453 e. The molecule has 2 aromatic carbocycles. The van der Waals surface area contributed by atoms with Crippen LogP contribution in [-0.4, -0.2) is 49.1 Å². The quantitative estimate of drug-likeness (QED) is 0.426. The molecule has 0 saturated carbocycles.